The summed E-state index contributed by atoms with van der Waals surface area (Å²) in [5.74, 6) is 1.16. The van der Waals surface area contributed by atoms with Gasteiger partial charge in [0.2, 0.25) is 0 Å². The lowest BCUT2D eigenvalue weighted by Gasteiger charge is -2.24. The Hall–Kier alpha value is -1.11. The van der Waals surface area contributed by atoms with Gasteiger partial charge in [-0.3, -0.25) is 0 Å². The van der Waals surface area contributed by atoms with Crippen LogP contribution in [0.1, 0.15) is 6.42 Å². The molecule has 1 aromatic heterocycles. The number of halogens is 1. The highest BCUT2D eigenvalue weighted by Crippen LogP contribution is 2.31. The van der Waals surface area contributed by atoms with Crippen LogP contribution in [0.15, 0.2) is 6.33 Å². The Bertz CT molecular complexity index is 379. The van der Waals surface area contributed by atoms with E-state index in [0.29, 0.717) is 36.5 Å². The second-order valence-corrected chi connectivity index (χ2v) is 4.21. The van der Waals surface area contributed by atoms with Crippen LogP contribution < -0.4 is 9.64 Å². The Morgan fingerprint density at radius 3 is 2.47 bits per heavy atom. The van der Waals surface area contributed by atoms with Gasteiger partial charge in [0.05, 0.1) is 13.7 Å². The normalized spacial score (nSPS) is 10.5. The molecular weight excluding hydrogens is 270 g/mol. The minimum atomic E-state index is 0.307. The molecule has 0 bridgehead atoms. The van der Waals surface area contributed by atoms with Crippen molar-refractivity contribution >= 4 is 17.4 Å². The van der Waals surface area contributed by atoms with Crippen LogP contribution >= 0.6 is 11.6 Å². The fourth-order valence-electron chi connectivity index (χ4n) is 1.67. The van der Waals surface area contributed by atoms with Crippen molar-refractivity contribution in [3.8, 4) is 5.75 Å². The van der Waals surface area contributed by atoms with Crippen molar-refractivity contribution in [1.82, 2.24) is 9.97 Å². The van der Waals surface area contributed by atoms with E-state index in [1.54, 1.807) is 21.3 Å². The molecule has 0 fully saturated rings. The Kier molecular flexibility index (Phi) is 7.47. The summed E-state index contributed by atoms with van der Waals surface area (Å²) < 4.78 is 15.5. The number of methoxy groups -OCH3 is 3. The van der Waals surface area contributed by atoms with Crippen LogP contribution in [0.5, 0.6) is 5.75 Å². The van der Waals surface area contributed by atoms with Crippen LogP contribution in [-0.2, 0) is 9.47 Å². The van der Waals surface area contributed by atoms with Crippen LogP contribution in [0.25, 0.3) is 0 Å². The summed E-state index contributed by atoms with van der Waals surface area (Å²) in [5.41, 5.74) is 0. The van der Waals surface area contributed by atoms with E-state index in [-0.39, 0.29) is 0 Å². The number of anilines is 1. The molecule has 0 amide bonds. The first-order chi connectivity index (χ1) is 9.24. The number of rotatable bonds is 9. The first kappa shape index (κ1) is 15.9. The number of hydrogen-bond donors (Lipinski definition) is 0. The van der Waals surface area contributed by atoms with Crippen molar-refractivity contribution in [2.24, 2.45) is 0 Å². The lowest BCUT2D eigenvalue weighted by atomic mass is 10.3. The molecule has 0 aliphatic rings. The molecule has 19 heavy (non-hydrogen) atoms. The van der Waals surface area contributed by atoms with Gasteiger partial charge in [0.15, 0.2) is 16.7 Å². The zero-order valence-corrected chi connectivity index (χ0v) is 12.3. The highest BCUT2D eigenvalue weighted by Gasteiger charge is 2.16. The molecule has 0 spiro atoms. The summed E-state index contributed by atoms with van der Waals surface area (Å²) >= 11 is 6.01. The van der Waals surface area contributed by atoms with Crippen LogP contribution in [0.4, 0.5) is 5.82 Å². The molecule has 0 unspecified atom stereocenters. The van der Waals surface area contributed by atoms with Gasteiger partial charge >= 0.3 is 0 Å². The molecule has 0 atom stereocenters. The number of ether oxygens (including phenoxy) is 3. The Morgan fingerprint density at radius 2 is 1.84 bits per heavy atom. The van der Waals surface area contributed by atoms with E-state index in [9.17, 15) is 0 Å². The maximum Gasteiger partial charge on any atom is 0.199 e. The smallest absolute Gasteiger partial charge is 0.199 e. The van der Waals surface area contributed by atoms with Crippen molar-refractivity contribution < 1.29 is 14.2 Å². The summed E-state index contributed by atoms with van der Waals surface area (Å²) in [6.07, 6.45) is 2.31. The van der Waals surface area contributed by atoms with Crippen LogP contribution in [0, 0.1) is 0 Å². The summed E-state index contributed by atoms with van der Waals surface area (Å²) in [7, 11) is 4.90. The second-order valence-electron chi connectivity index (χ2n) is 3.85. The molecule has 1 aromatic rings. The van der Waals surface area contributed by atoms with Crippen molar-refractivity contribution in [1.29, 1.82) is 0 Å². The molecule has 0 aliphatic carbocycles. The van der Waals surface area contributed by atoms with Crippen LogP contribution in [0.3, 0.4) is 0 Å². The third kappa shape index (κ3) is 4.81. The molecule has 0 saturated heterocycles. The van der Waals surface area contributed by atoms with Gasteiger partial charge in [0, 0.05) is 33.9 Å². The zero-order chi connectivity index (χ0) is 14.1. The van der Waals surface area contributed by atoms with Gasteiger partial charge in [0.25, 0.3) is 0 Å². The zero-order valence-electron chi connectivity index (χ0n) is 11.6. The number of hydrogen-bond acceptors (Lipinski definition) is 6. The van der Waals surface area contributed by atoms with Gasteiger partial charge < -0.3 is 19.1 Å². The summed E-state index contributed by atoms with van der Waals surface area (Å²) in [6, 6.07) is 0. The molecule has 0 saturated carbocycles. The lowest BCUT2D eigenvalue weighted by molar-refractivity contribution is 0.190. The molecule has 1 rings (SSSR count). The molecular formula is C12H20ClN3O3. The van der Waals surface area contributed by atoms with Crippen molar-refractivity contribution in [2.45, 2.75) is 6.42 Å². The molecule has 0 aliphatic heterocycles. The van der Waals surface area contributed by atoms with E-state index in [1.165, 1.54) is 6.33 Å². The molecule has 108 valence electrons. The van der Waals surface area contributed by atoms with Gasteiger partial charge in [0.1, 0.15) is 6.33 Å². The topological polar surface area (TPSA) is 56.7 Å². The second kappa shape index (κ2) is 8.90. The predicted octanol–water partition coefficient (Wildman–Crippen LogP) is 1.63. The third-order valence-electron chi connectivity index (χ3n) is 2.59. The summed E-state index contributed by atoms with van der Waals surface area (Å²) in [4.78, 5) is 10.2. The van der Waals surface area contributed by atoms with E-state index < -0.39 is 0 Å². The number of aromatic nitrogens is 2. The lowest BCUT2D eigenvalue weighted by Crippen LogP contribution is -2.30. The molecule has 7 heteroatoms. The standard InChI is InChI=1S/C12H20ClN3O3/c1-17-7-4-5-16(6-8-18-2)12-10(19-3)11(13)14-9-15-12/h9H,4-8H2,1-3H3. The van der Waals surface area contributed by atoms with Crippen LogP contribution in [0.2, 0.25) is 5.15 Å². The quantitative estimate of drug-likeness (QED) is 0.509. The number of nitrogens with zero attached hydrogens (tertiary/aromatic N) is 3. The molecule has 0 radical (unpaired) electrons. The highest BCUT2D eigenvalue weighted by molar-refractivity contribution is 6.31. The third-order valence-corrected chi connectivity index (χ3v) is 2.86. The summed E-state index contributed by atoms with van der Waals surface area (Å²) in [5, 5.41) is 0.307. The van der Waals surface area contributed by atoms with Crippen molar-refractivity contribution in [3.05, 3.63) is 11.5 Å². The van der Waals surface area contributed by atoms with E-state index in [2.05, 4.69) is 14.9 Å². The van der Waals surface area contributed by atoms with E-state index in [0.717, 1.165) is 13.0 Å². The molecule has 0 aromatic carbocycles. The Morgan fingerprint density at radius 1 is 1.11 bits per heavy atom. The van der Waals surface area contributed by atoms with Crippen LogP contribution in [-0.4, -0.2) is 57.6 Å². The first-order valence-corrected chi connectivity index (χ1v) is 6.39. The van der Waals surface area contributed by atoms with E-state index in [1.807, 2.05) is 0 Å². The Labute approximate surface area is 118 Å². The molecule has 6 nitrogen and oxygen atoms in total. The van der Waals surface area contributed by atoms with Gasteiger partial charge in [-0.2, -0.15) is 0 Å². The maximum absolute atomic E-state index is 6.01. The van der Waals surface area contributed by atoms with E-state index in [4.69, 9.17) is 25.8 Å². The van der Waals surface area contributed by atoms with E-state index >= 15 is 0 Å². The monoisotopic (exact) mass is 289 g/mol. The molecule has 1 heterocycles. The minimum Gasteiger partial charge on any atom is -0.490 e. The fourth-order valence-corrected chi connectivity index (χ4v) is 1.87. The van der Waals surface area contributed by atoms with Gasteiger partial charge in [-0.25, -0.2) is 9.97 Å². The average molecular weight is 290 g/mol. The summed E-state index contributed by atoms with van der Waals surface area (Å²) in [6.45, 7) is 2.76. The predicted molar refractivity (Wildman–Crippen MR) is 74.2 cm³/mol. The van der Waals surface area contributed by atoms with Crippen molar-refractivity contribution in [2.75, 3.05) is 52.5 Å². The SMILES string of the molecule is COCCCN(CCOC)c1ncnc(Cl)c1OC. The largest absolute Gasteiger partial charge is 0.490 e. The average Bonchev–Trinajstić information content (AvgIpc) is 2.42. The van der Waals surface area contributed by atoms with Gasteiger partial charge in [-0.1, -0.05) is 11.6 Å². The molecule has 0 N–H and O–H groups in total. The Balaban J connectivity index is 2.85. The maximum atomic E-state index is 6.01. The fraction of sp³-hybridized carbons (Fsp3) is 0.667. The first-order valence-electron chi connectivity index (χ1n) is 6.01. The minimum absolute atomic E-state index is 0.307. The highest BCUT2D eigenvalue weighted by atomic mass is 35.5. The van der Waals surface area contributed by atoms with Gasteiger partial charge in [-0.15, -0.1) is 0 Å². The van der Waals surface area contributed by atoms with Crippen molar-refractivity contribution in [3.63, 3.8) is 0 Å². The van der Waals surface area contributed by atoms with Gasteiger partial charge in [-0.05, 0) is 6.42 Å².